The monoisotopic (exact) mass is 391 g/mol. The van der Waals surface area contributed by atoms with Crippen LogP contribution < -0.4 is 10.5 Å². The molecule has 7 nitrogen and oxygen atoms in total. The summed E-state index contributed by atoms with van der Waals surface area (Å²) in [6.45, 7) is 1.70. The second kappa shape index (κ2) is 9.34. The number of piperidine rings is 1. The van der Waals surface area contributed by atoms with Crippen LogP contribution in [0.1, 0.15) is 28.8 Å². The lowest BCUT2D eigenvalue weighted by molar-refractivity contribution is -0.384. The van der Waals surface area contributed by atoms with Crippen molar-refractivity contribution in [2.45, 2.75) is 25.5 Å². The fraction of sp³-hybridized carbons (Fsp3) is 0.316. The maximum Gasteiger partial charge on any atom is 0.269 e. The number of nitro benzene ring substituents is 1. The molecule has 3 rings (SSSR count). The van der Waals surface area contributed by atoms with Crippen molar-refractivity contribution in [3.8, 4) is 5.75 Å². The molecule has 2 N–H and O–H groups in total. The zero-order valence-electron chi connectivity index (χ0n) is 14.7. The third-order valence-electron chi connectivity index (χ3n) is 4.52. The van der Waals surface area contributed by atoms with Gasteiger partial charge in [0.15, 0.2) is 0 Å². The van der Waals surface area contributed by atoms with E-state index in [-0.39, 0.29) is 30.1 Å². The Hall–Kier alpha value is -2.64. The average Bonchev–Trinajstić information content (AvgIpc) is 2.68. The van der Waals surface area contributed by atoms with E-state index in [2.05, 4.69) is 0 Å². The number of carbonyl (C=O) groups is 1. The molecule has 1 aliphatic heterocycles. The van der Waals surface area contributed by atoms with Crippen LogP contribution in [0, 0.1) is 10.1 Å². The van der Waals surface area contributed by atoms with Gasteiger partial charge in [0.1, 0.15) is 11.9 Å². The molecule has 0 bridgehead atoms. The first-order valence-electron chi connectivity index (χ1n) is 8.56. The average molecular weight is 392 g/mol. The molecule has 0 unspecified atom stereocenters. The van der Waals surface area contributed by atoms with Crippen LogP contribution in [0.2, 0.25) is 0 Å². The molecule has 8 heteroatoms. The zero-order valence-corrected chi connectivity index (χ0v) is 15.6. The van der Waals surface area contributed by atoms with E-state index in [9.17, 15) is 14.9 Å². The van der Waals surface area contributed by atoms with E-state index in [1.165, 1.54) is 12.1 Å². The quantitative estimate of drug-likeness (QED) is 0.623. The lowest BCUT2D eigenvalue weighted by Gasteiger charge is -2.32. The summed E-state index contributed by atoms with van der Waals surface area (Å²) in [5, 5.41) is 10.7. The van der Waals surface area contributed by atoms with Gasteiger partial charge in [0.25, 0.3) is 11.6 Å². The van der Waals surface area contributed by atoms with Crippen LogP contribution >= 0.6 is 12.4 Å². The van der Waals surface area contributed by atoms with E-state index in [0.29, 0.717) is 30.9 Å². The summed E-state index contributed by atoms with van der Waals surface area (Å²) in [6.07, 6.45) is 1.45. The smallest absolute Gasteiger partial charge is 0.269 e. The summed E-state index contributed by atoms with van der Waals surface area (Å²) in [6, 6.07) is 13.4. The highest BCUT2D eigenvalue weighted by molar-refractivity contribution is 5.94. The van der Waals surface area contributed by atoms with E-state index in [1.807, 2.05) is 29.2 Å². The largest absolute Gasteiger partial charge is 0.490 e. The molecule has 0 atom stereocenters. The number of likely N-dealkylation sites (tertiary alicyclic amines) is 1. The first-order valence-corrected chi connectivity index (χ1v) is 8.56. The highest BCUT2D eigenvalue weighted by Crippen LogP contribution is 2.22. The number of hydrogen-bond acceptors (Lipinski definition) is 5. The van der Waals surface area contributed by atoms with Gasteiger partial charge in [0.2, 0.25) is 0 Å². The van der Waals surface area contributed by atoms with E-state index in [4.69, 9.17) is 10.5 Å². The number of carbonyl (C=O) groups excluding carboxylic acids is 1. The molecular formula is C19H22ClN3O4. The highest BCUT2D eigenvalue weighted by atomic mass is 35.5. The molecule has 1 saturated heterocycles. The molecule has 1 aliphatic rings. The van der Waals surface area contributed by atoms with Gasteiger partial charge < -0.3 is 15.4 Å². The predicted molar refractivity (Wildman–Crippen MR) is 104 cm³/mol. The van der Waals surface area contributed by atoms with E-state index in [0.717, 1.165) is 18.4 Å². The standard InChI is InChI=1S/C19H21N3O4.ClH/c20-13-14-1-3-15(4-2-14)19(23)21-11-9-18(10-12-21)26-17-7-5-16(6-8-17)22(24)25;/h1-8,18H,9-13,20H2;1H. The Balaban J connectivity index is 0.00000261. The molecule has 0 aromatic heterocycles. The van der Waals surface area contributed by atoms with Gasteiger partial charge in [-0.15, -0.1) is 12.4 Å². The van der Waals surface area contributed by atoms with Crippen molar-refractivity contribution in [3.63, 3.8) is 0 Å². The Morgan fingerprint density at radius 1 is 1.11 bits per heavy atom. The van der Waals surface area contributed by atoms with Crippen molar-refractivity contribution < 1.29 is 14.5 Å². The van der Waals surface area contributed by atoms with Crippen molar-refractivity contribution in [1.82, 2.24) is 4.90 Å². The third-order valence-corrected chi connectivity index (χ3v) is 4.52. The van der Waals surface area contributed by atoms with E-state index >= 15 is 0 Å². The summed E-state index contributed by atoms with van der Waals surface area (Å²) in [4.78, 5) is 24.6. The van der Waals surface area contributed by atoms with E-state index < -0.39 is 4.92 Å². The SMILES string of the molecule is Cl.NCc1ccc(C(=O)N2CCC(Oc3ccc([N+](=O)[O-])cc3)CC2)cc1. The van der Waals surface area contributed by atoms with Crippen LogP contribution in [0.15, 0.2) is 48.5 Å². The summed E-state index contributed by atoms with van der Waals surface area (Å²) >= 11 is 0. The number of rotatable bonds is 5. The van der Waals surface area contributed by atoms with Crippen LogP contribution in [-0.4, -0.2) is 34.9 Å². The Morgan fingerprint density at radius 2 is 1.70 bits per heavy atom. The Bertz CT molecular complexity index is 773. The first-order chi connectivity index (χ1) is 12.6. The predicted octanol–water partition coefficient (Wildman–Crippen LogP) is 3.16. The number of amides is 1. The molecule has 1 fully saturated rings. The Labute approximate surface area is 163 Å². The van der Waals surface area contributed by atoms with Gasteiger partial charge in [-0.2, -0.15) is 0 Å². The molecule has 1 amide bonds. The lowest BCUT2D eigenvalue weighted by atomic mass is 10.1. The molecule has 0 radical (unpaired) electrons. The number of nitrogens with zero attached hydrogens (tertiary/aromatic N) is 2. The summed E-state index contributed by atoms with van der Waals surface area (Å²) < 4.78 is 5.88. The Morgan fingerprint density at radius 3 is 2.22 bits per heavy atom. The number of nitro groups is 1. The fourth-order valence-electron chi connectivity index (χ4n) is 2.98. The van der Waals surface area contributed by atoms with Gasteiger partial charge in [-0.3, -0.25) is 14.9 Å². The molecule has 0 aliphatic carbocycles. The van der Waals surface area contributed by atoms with Crippen molar-refractivity contribution in [3.05, 3.63) is 69.8 Å². The number of benzene rings is 2. The van der Waals surface area contributed by atoms with E-state index in [1.54, 1.807) is 12.1 Å². The minimum Gasteiger partial charge on any atom is -0.490 e. The molecule has 2 aromatic carbocycles. The van der Waals surface area contributed by atoms with Gasteiger partial charge >= 0.3 is 0 Å². The fourth-order valence-corrected chi connectivity index (χ4v) is 2.98. The molecule has 0 saturated carbocycles. The zero-order chi connectivity index (χ0) is 18.5. The first kappa shape index (κ1) is 20.7. The van der Waals surface area contributed by atoms with Gasteiger partial charge in [-0.25, -0.2) is 0 Å². The summed E-state index contributed by atoms with van der Waals surface area (Å²) in [5.74, 6) is 0.625. The van der Waals surface area contributed by atoms with Crippen LogP contribution in [0.5, 0.6) is 5.75 Å². The molecular weight excluding hydrogens is 370 g/mol. The second-order valence-electron chi connectivity index (χ2n) is 6.26. The maximum atomic E-state index is 12.6. The molecule has 144 valence electrons. The van der Waals surface area contributed by atoms with Gasteiger partial charge in [-0.05, 0) is 29.8 Å². The number of non-ortho nitro benzene ring substituents is 1. The number of ether oxygens (including phenoxy) is 1. The third kappa shape index (κ3) is 5.18. The van der Waals surface area contributed by atoms with Crippen LogP contribution in [-0.2, 0) is 6.54 Å². The minimum atomic E-state index is -0.437. The number of hydrogen-bond donors (Lipinski definition) is 1. The summed E-state index contributed by atoms with van der Waals surface area (Å²) in [5.41, 5.74) is 7.28. The van der Waals surface area contributed by atoms with Gasteiger partial charge in [-0.1, -0.05) is 12.1 Å². The minimum absolute atomic E-state index is 0. The lowest BCUT2D eigenvalue weighted by Crippen LogP contribution is -2.41. The second-order valence-corrected chi connectivity index (χ2v) is 6.26. The van der Waals surface area contributed by atoms with Crippen LogP contribution in [0.25, 0.3) is 0 Å². The molecule has 1 heterocycles. The van der Waals surface area contributed by atoms with Crippen LogP contribution in [0.4, 0.5) is 5.69 Å². The van der Waals surface area contributed by atoms with Crippen molar-refractivity contribution in [2.24, 2.45) is 5.73 Å². The molecule has 0 spiro atoms. The molecule has 27 heavy (non-hydrogen) atoms. The Kier molecular flexibility index (Phi) is 7.15. The number of halogens is 1. The van der Waals surface area contributed by atoms with Crippen molar-refractivity contribution in [1.29, 1.82) is 0 Å². The topological polar surface area (TPSA) is 98.7 Å². The van der Waals surface area contributed by atoms with Gasteiger partial charge in [0, 0.05) is 50.2 Å². The summed E-state index contributed by atoms with van der Waals surface area (Å²) in [7, 11) is 0. The maximum absolute atomic E-state index is 12.6. The molecule has 2 aromatic rings. The van der Waals surface area contributed by atoms with Crippen molar-refractivity contribution >= 4 is 24.0 Å². The normalized spacial score (nSPS) is 14.3. The van der Waals surface area contributed by atoms with Gasteiger partial charge in [0.05, 0.1) is 4.92 Å². The number of nitrogens with two attached hydrogens (primary N) is 1. The van der Waals surface area contributed by atoms with Crippen molar-refractivity contribution in [2.75, 3.05) is 13.1 Å². The highest BCUT2D eigenvalue weighted by Gasteiger charge is 2.24. The van der Waals surface area contributed by atoms with Crippen LogP contribution in [0.3, 0.4) is 0 Å².